The smallest absolute Gasteiger partial charge is 0.408 e. The van der Waals surface area contributed by atoms with Crippen LogP contribution in [0.3, 0.4) is 0 Å². The normalized spacial score (nSPS) is 18.1. The first-order valence-electron chi connectivity index (χ1n) is 12.8. The van der Waals surface area contributed by atoms with E-state index in [1.54, 1.807) is 68.8 Å². The van der Waals surface area contributed by atoms with Crippen molar-refractivity contribution in [3.8, 4) is 5.75 Å². The Morgan fingerprint density at radius 3 is 2.24 bits per heavy atom. The Balaban J connectivity index is 1.95. The number of nitrogens with zero attached hydrogens (tertiary/aromatic N) is 1. The van der Waals surface area contributed by atoms with Gasteiger partial charge in [0.05, 0.1) is 7.11 Å². The highest BCUT2D eigenvalue weighted by Crippen LogP contribution is 2.41. The number of thioether (sulfide) groups is 1. The highest BCUT2D eigenvalue weighted by Gasteiger charge is 2.48. The van der Waals surface area contributed by atoms with Crippen molar-refractivity contribution in [3.05, 3.63) is 60.2 Å². The SMILES string of the molecule is COc1ccc(NC(=O)C(c2ccccc2)N(C(=O)C(CCSC)NC(=O)OC(C)(C)C)C2CC2C)cc1. The summed E-state index contributed by atoms with van der Waals surface area (Å²) in [6.45, 7) is 7.39. The number of carbonyl (C=O) groups is 3. The van der Waals surface area contributed by atoms with Crippen LogP contribution in [0.15, 0.2) is 54.6 Å². The lowest BCUT2D eigenvalue weighted by molar-refractivity contribution is -0.141. The van der Waals surface area contributed by atoms with Crippen LogP contribution >= 0.6 is 11.8 Å². The van der Waals surface area contributed by atoms with E-state index in [9.17, 15) is 14.4 Å². The van der Waals surface area contributed by atoms with E-state index in [-0.39, 0.29) is 23.8 Å². The summed E-state index contributed by atoms with van der Waals surface area (Å²) < 4.78 is 10.7. The minimum Gasteiger partial charge on any atom is -0.497 e. The molecule has 1 fully saturated rings. The van der Waals surface area contributed by atoms with Gasteiger partial charge in [0.25, 0.3) is 5.91 Å². The van der Waals surface area contributed by atoms with Gasteiger partial charge >= 0.3 is 6.09 Å². The molecule has 1 aliphatic rings. The number of benzene rings is 2. The standard InChI is InChI=1S/C29H39N3O5S/c1-19-18-24(19)32(27(34)23(16-17-38-6)31-28(35)37-29(2,3)4)25(20-10-8-7-9-11-20)26(33)30-21-12-14-22(36-5)15-13-21/h7-15,19,23-25H,16-18H2,1-6H3,(H,30,33)(H,31,35). The predicted molar refractivity (Wildman–Crippen MR) is 151 cm³/mol. The molecule has 0 spiro atoms. The molecule has 4 unspecified atom stereocenters. The number of ether oxygens (including phenoxy) is 2. The average Bonchev–Trinajstić information content (AvgIpc) is 3.59. The second-order valence-electron chi connectivity index (χ2n) is 10.5. The lowest BCUT2D eigenvalue weighted by Crippen LogP contribution is -2.53. The number of methoxy groups -OCH3 is 1. The quantitative estimate of drug-likeness (QED) is 0.403. The maximum Gasteiger partial charge on any atom is 0.408 e. The molecule has 2 aromatic rings. The second-order valence-corrected chi connectivity index (χ2v) is 11.5. The van der Waals surface area contributed by atoms with Crippen molar-refractivity contribution in [1.82, 2.24) is 10.2 Å². The van der Waals surface area contributed by atoms with Gasteiger partial charge in [-0.3, -0.25) is 9.59 Å². The van der Waals surface area contributed by atoms with Crippen LogP contribution < -0.4 is 15.4 Å². The third kappa shape index (κ3) is 8.15. The van der Waals surface area contributed by atoms with Crippen molar-refractivity contribution in [1.29, 1.82) is 0 Å². The largest absolute Gasteiger partial charge is 0.497 e. The Hall–Kier alpha value is -3.20. The molecule has 1 aliphatic carbocycles. The van der Waals surface area contributed by atoms with E-state index in [0.717, 1.165) is 6.42 Å². The van der Waals surface area contributed by atoms with Crippen LogP contribution in [0, 0.1) is 5.92 Å². The van der Waals surface area contributed by atoms with E-state index in [1.807, 2.05) is 36.6 Å². The first-order valence-corrected chi connectivity index (χ1v) is 14.2. The summed E-state index contributed by atoms with van der Waals surface area (Å²) in [5.41, 5.74) is 0.595. The number of carbonyl (C=O) groups excluding carboxylic acids is 3. The molecule has 8 nitrogen and oxygen atoms in total. The van der Waals surface area contributed by atoms with Crippen molar-refractivity contribution in [3.63, 3.8) is 0 Å². The van der Waals surface area contributed by atoms with Gasteiger partial charge in [0, 0.05) is 11.7 Å². The molecular formula is C29H39N3O5S. The topological polar surface area (TPSA) is 97.0 Å². The maximum absolute atomic E-state index is 14.2. The van der Waals surface area contributed by atoms with E-state index in [4.69, 9.17) is 9.47 Å². The Morgan fingerprint density at radius 1 is 1.08 bits per heavy atom. The zero-order chi connectivity index (χ0) is 27.9. The lowest BCUT2D eigenvalue weighted by atomic mass is 10.0. The summed E-state index contributed by atoms with van der Waals surface area (Å²) in [5.74, 6) is 0.958. The molecule has 2 N–H and O–H groups in total. The minimum absolute atomic E-state index is 0.119. The van der Waals surface area contributed by atoms with Gasteiger partial charge in [0.2, 0.25) is 5.91 Å². The van der Waals surface area contributed by atoms with Crippen LogP contribution in [0.25, 0.3) is 0 Å². The van der Waals surface area contributed by atoms with Gasteiger partial charge in [0.1, 0.15) is 23.4 Å². The predicted octanol–water partition coefficient (Wildman–Crippen LogP) is 5.26. The van der Waals surface area contributed by atoms with Crippen molar-refractivity contribution >= 4 is 35.4 Å². The fraction of sp³-hybridized carbons (Fsp3) is 0.483. The summed E-state index contributed by atoms with van der Waals surface area (Å²) in [6.07, 6.45) is 2.50. The van der Waals surface area contributed by atoms with E-state index in [1.165, 1.54) is 0 Å². The molecule has 0 bridgehead atoms. The van der Waals surface area contributed by atoms with Gasteiger partial charge in [-0.15, -0.1) is 0 Å². The number of rotatable bonds is 11. The van der Waals surface area contributed by atoms with Crippen LogP contribution in [-0.4, -0.2) is 59.6 Å². The highest BCUT2D eigenvalue weighted by atomic mass is 32.2. The van der Waals surface area contributed by atoms with Crippen molar-refractivity contribution in [2.24, 2.45) is 5.92 Å². The zero-order valence-electron chi connectivity index (χ0n) is 23.0. The monoisotopic (exact) mass is 541 g/mol. The number of amides is 3. The fourth-order valence-corrected chi connectivity index (χ4v) is 4.73. The summed E-state index contributed by atoms with van der Waals surface area (Å²) in [4.78, 5) is 42.4. The summed E-state index contributed by atoms with van der Waals surface area (Å²) >= 11 is 1.59. The molecule has 0 radical (unpaired) electrons. The molecule has 3 amide bonds. The van der Waals surface area contributed by atoms with E-state index >= 15 is 0 Å². The Kier molecular flexibility index (Phi) is 10.1. The van der Waals surface area contributed by atoms with Crippen molar-refractivity contribution in [2.75, 3.05) is 24.4 Å². The first-order chi connectivity index (χ1) is 18.0. The molecule has 0 saturated heterocycles. The molecule has 0 heterocycles. The molecular weight excluding hydrogens is 502 g/mol. The minimum atomic E-state index is -0.877. The van der Waals surface area contributed by atoms with Gasteiger partial charge in [-0.05, 0) is 81.4 Å². The van der Waals surface area contributed by atoms with Crippen LogP contribution in [0.1, 0.15) is 52.1 Å². The zero-order valence-corrected chi connectivity index (χ0v) is 23.8. The highest BCUT2D eigenvalue weighted by molar-refractivity contribution is 7.98. The van der Waals surface area contributed by atoms with Gasteiger partial charge in [0.15, 0.2) is 0 Å². The first kappa shape index (κ1) is 29.4. The molecule has 38 heavy (non-hydrogen) atoms. The van der Waals surface area contributed by atoms with Gasteiger partial charge in [-0.2, -0.15) is 11.8 Å². The van der Waals surface area contributed by atoms with Crippen LogP contribution in [0.5, 0.6) is 5.75 Å². The Labute approximate surface area is 229 Å². The molecule has 206 valence electrons. The third-order valence-corrected chi connectivity index (χ3v) is 6.92. The fourth-order valence-electron chi connectivity index (χ4n) is 4.25. The molecule has 1 saturated carbocycles. The number of alkyl carbamates (subject to hydrolysis) is 1. The van der Waals surface area contributed by atoms with Gasteiger partial charge in [-0.25, -0.2) is 4.79 Å². The summed E-state index contributed by atoms with van der Waals surface area (Å²) in [7, 11) is 1.58. The second kappa shape index (κ2) is 13.0. The number of anilines is 1. The Morgan fingerprint density at radius 2 is 1.71 bits per heavy atom. The number of nitrogens with one attached hydrogen (secondary N) is 2. The van der Waals surface area contributed by atoms with Crippen LogP contribution in [0.2, 0.25) is 0 Å². The van der Waals surface area contributed by atoms with Crippen LogP contribution in [0.4, 0.5) is 10.5 Å². The van der Waals surface area contributed by atoms with Crippen LogP contribution in [-0.2, 0) is 14.3 Å². The maximum atomic E-state index is 14.2. The van der Waals surface area contributed by atoms with E-state index < -0.39 is 23.8 Å². The van der Waals surface area contributed by atoms with Gasteiger partial charge < -0.3 is 25.0 Å². The summed E-state index contributed by atoms with van der Waals surface area (Å²) in [6, 6.07) is 14.5. The molecule has 3 rings (SSSR count). The van der Waals surface area contributed by atoms with Crippen molar-refractivity contribution in [2.45, 2.75) is 64.3 Å². The Bertz CT molecular complexity index is 1090. The molecule has 9 heteroatoms. The summed E-state index contributed by atoms with van der Waals surface area (Å²) in [5, 5.41) is 5.76. The van der Waals surface area contributed by atoms with E-state index in [0.29, 0.717) is 29.2 Å². The molecule has 0 aliphatic heterocycles. The number of hydrogen-bond acceptors (Lipinski definition) is 6. The molecule has 0 aromatic heterocycles. The molecule has 2 aromatic carbocycles. The number of hydrogen-bond donors (Lipinski definition) is 2. The van der Waals surface area contributed by atoms with E-state index in [2.05, 4.69) is 17.6 Å². The van der Waals surface area contributed by atoms with Crippen molar-refractivity contribution < 1.29 is 23.9 Å². The van der Waals surface area contributed by atoms with Gasteiger partial charge in [-0.1, -0.05) is 37.3 Å². The molecule has 4 atom stereocenters. The third-order valence-electron chi connectivity index (χ3n) is 6.28. The lowest BCUT2D eigenvalue weighted by Gasteiger charge is -2.35. The average molecular weight is 542 g/mol.